The maximum atomic E-state index is 5.63. The van der Waals surface area contributed by atoms with Crippen LogP contribution in [0.25, 0.3) is 0 Å². The predicted molar refractivity (Wildman–Crippen MR) is 70.2 cm³/mol. The molecule has 0 saturated carbocycles. The molecule has 0 bridgehead atoms. The van der Waals surface area contributed by atoms with Crippen molar-refractivity contribution in [2.24, 2.45) is 5.73 Å². The fourth-order valence-electron chi connectivity index (χ4n) is 1.20. The number of hydrogen-bond acceptors (Lipinski definition) is 2. The van der Waals surface area contributed by atoms with Gasteiger partial charge in [-0.1, -0.05) is 15.9 Å². The molecule has 2 N–H and O–H groups in total. The van der Waals surface area contributed by atoms with Crippen molar-refractivity contribution < 1.29 is 4.74 Å². The minimum atomic E-state index is 0.750. The van der Waals surface area contributed by atoms with Crippen LogP contribution < -0.4 is 10.5 Å². The van der Waals surface area contributed by atoms with Crippen LogP contribution >= 0.6 is 31.9 Å². The van der Waals surface area contributed by atoms with E-state index >= 15 is 0 Å². The van der Waals surface area contributed by atoms with Crippen molar-refractivity contribution in [1.82, 2.24) is 0 Å². The summed E-state index contributed by atoms with van der Waals surface area (Å²) in [5.41, 5.74) is 5.41. The molecular weight excluding hydrogens is 322 g/mol. The van der Waals surface area contributed by atoms with Gasteiger partial charge in [0.05, 0.1) is 11.1 Å². The summed E-state index contributed by atoms with van der Waals surface area (Å²) in [6.07, 6.45) is 3.26. The number of hydrogen-bond donors (Lipinski definition) is 1. The molecule has 2 nitrogen and oxygen atoms in total. The van der Waals surface area contributed by atoms with Gasteiger partial charge in [0.1, 0.15) is 5.75 Å². The van der Waals surface area contributed by atoms with Crippen molar-refractivity contribution in [1.29, 1.82) is 0 Å². The number of unbranched alkanes of at least 4 members (excludes halogenated alkanes) is 2. The summed E-state index contributed by atoms with van der Waals surface area (Å²) >= 11 is 6.85. The van der Waals surface area contributed by atoms with Crippen molar-refractivity contribution in [2.45, 2.75) is 19.3 Å². The van der Waals surface area contributed by atoms with E-state index in [1.54, 1.807) is 0 Å². The Hall–Kier alpha value is -0.0600. The zero-order valence-electron chi connectivity index (χ0n) is 8.51. The molecule has 0 spiro atoms. The SMILES string of the molecule is NCCCCCOc1ccc(Br)cc1Br. The Morgan fingerprint density at radius 2 is 1.93 bits per heavy atom. The third-order valence-corrected chi connectivity index (χ3v) is 3.11. The maximum Gasteiger partial charge on any atom is 0.133 e. The number of rotatable bonds is 6. The summed E-state index contributed by atoms with van der Waals surface area (Å²) in [4.78, 5) is 0. The maximum absolute atomic E-state index is 5.63. The molecule has 84 valence electrons. The van der Waals surface area contributed by atoms with Crippen molar-refractivity contribution in [3.05, 3.63) is 27.1 Å². The second-order valence-corrected chi connectivity index (χ2v) is 5.04. The van der Waals surface area contributed by atoms with Gasteiger partial charge in [-0.2, -0.15) is 0 Å². The Kier molecular flexibility index (Phi) is 6.29. The third kappa shape index (κ3) is 5.00. The first kappa shape index (κ1) is 13.0. The minimum absolute atomic E-state index is 0.750. The molecule has 0 aliphatic rings. The van der Waals surface area contributed by atoms with Gasteiger partial charge in [-0.15, -0.1) is 0 Å². The molecule has 0 radical (unpaired) electrons. The van der Waals surface area contributed by atoms with Gasteiger partial charge in [-0.3, -0.25) is 0 Å². The third-order valence-electron chi connectivity index (χ3n) is 2.00. The van der Waals surface area contributed by atoms with Gasteiger partial charge in [-0.25, -0.2) is 0 Å². The average molecular weight is 337 g/mol. The first-order valence-corrected chi connectivity index (χ1v) is 6.60. The Bertz CT molecular complexity index is 305. The van der Waals surface area contributed by atoms with Gasteiger partial charge >= 0.3 is 0 Å². The molecule has 0 atom stereocenters. The van der Waals surface area contributed by atoms with Crippen molar-refractivity contribution >= 4 is 31.9 Å². The van der Waals surface area contributed by atoms with E-state index in [1.165, 1.54) is 0 Å². The van der Waals surface area contributed by atoms with E-state index < -0.39 is 0 Å². The molecule has 0 aromatic heterocycles. The van der Waals surface area contributed by atoms with Crippen molar-refractivity contribution in [2.75, 3.05) is 13.2 Å². The van der Waals surface area contributed by atoms with Crippen LogP contribution in [0.5, 0.6) is 5.75 Å². The summed E-state index contributed by atoms with van der Waals surface area (Å²) in [5, 5.41) is 0. The molecule has 0 heterocycles. The fourth-order valence-corrected chi connectivity index (χ4v) is 2.36. The van der Waals surface area contributed by atoms with Gasteiger partial charge in [0, 0.05) is 4.47 Å². The van der Waals surface area contributed by atoms with Crippen LogP contribution in [0.1, 0.15) is 19.3 Å². The molecule has 0 saturated heterocycles. The van der Waals surface area contributed by atoms with Gasteiger partial charge in [0.2, 0.25) is 0 Å². The molecular formula is C11H15Br2NO. The van der Waals surface area contributed by atoms with Gasteiger partial charge in [-0.05, 0) is 59.9 Å². The molecule has 0 aliphatic carbocycles. The molecule has 0 fully saturated rings. The van der Waals surface area contributed by atoms with Crippen LogP contribution in [0.15, 0.2) is 27.1 Å². The van der Waals surface area contributed by atoms with Crippen LogP contribution in [0.4, 0.5) is 0 Å². The number of halogens is 2. The minimum Gasteiger partial charge on any atom is -0.492 e. The Balaban J connectivity index is 2.31. The summed E-state index contributed by atoms with van der Waals surface area (Å²) in [6.45, 7) is 1.52. The van der Waals surface area contributed by atoms with E-state index in [-0.39, 0.29) is 0 Å². The molecule has 0 unspecified atom stereocenters. The molecule has 0 amide bonds. The highest BCUT2D eigenvalue weighted by Gasteiger charge is 2.00. The highest BCUT2D eigenvalue weighted by molar-refractivity contribution is 9.11. The topological polar surface area (TPSA) is 35.2 Å². The van der Waals surface area contributed by atoms with E-state index in [9.17, 15) is 0 Å². The summed E-state index contributed by atoms with van der Waals surface area (Å²) in [6, 6.07) is 5.91. The predicted octanol–water partition coefficient (Wildman–Crippen LogP) is 3.72. The summed E-state index contributed by atoms with van der Waals surface area (Å²) in [5.74, 6) is 0.894. The zero-order valence-corrected chi connectivity index (χ0v) is 11.7. The Morgan fingerprint density at radius 3 is 2.60 bits per heavy atom. The van der Waals surface area contributed by atoms with Crippen molar-refractivity contribution in [3.63, 3.8) is 0 Å². The monoisotopic (exact) mass is 335 g/mol. The summed E-state index contributed by atoms with van der Waals surface area (Å²) in [7, 11) is 0. The van der Waals surface area contributed by atoms with Gasteiger partial charge in [0.25, 0.3) is 0 Å². The van der Waals surface area contributed by atoms with Crippen LogP contribution in [0.2, 0.25) is 0 Å². The molecule has 4 heteroatoms. The number of nitrogens with two attached hydrogens (primary N) is 1. The fraction of sp³-hybridized carbons (Fsp3) is 0.455. The van der Waals surface area contributed by atoms with Crippen LogP contribution in [-0.2, 0) is 0 Å². The quantitative estimate of drug-likeness (QED) is 0.803. The standard InChI is InChI=1S/C11H15Br2NO/c12-9-4-5-11(10(13)8-9)15-7-3-1-2-6-14/h4-5,8H,1-3,6-7,14H2. The highest BCUT2D eigenvalue weighted by atomic mass is 79.9. The second-order valence-electron chi connectivity index (χ2n) is 3.27. The normalized spacial score (nSPS) is 10.3. The van der Waals surface area contributed by atoms with E-state index in [4.69, 9.17) is 10.5 Å². The zero-order chi connectivity index (χ0) is 11.1. The average Bonchev–Trinajstić information content (AvgIpc) is 2.20. The van der Waals surface area contributed by atoms with Crippen LogP contribution in [0.3, 0.4) is 0 Å². The smallest absolute Gasteiger partial charge is 0.133 e. The second kappa shape index (κ2) is 7.25. The van der Waals surface area contributed by atoms with E-state index in [1.807, 2.05) is 18.2 Å². The molecule has 15 heavy (non-hydrogen) atoms. The molecule has 1 aromatic rings. The van der Waals surface area contributed by atoms with Gasteiger partial charge < -0.3 is 10.5 Å². The first-order chi connectivity index (χ1) is 7.24. The van der Waals surface area contributed by atoms with E-state index in [2.05, 4.69) is 31.9 Å². The molecule has 1 aromatic carbocycles. The molecule has 1 rings (SSSR count). The Labute approximate surface area is 107 Å². The lowest BCUT2D eigenvalue weighted by Gasteiger charge is -2.07. The van der Waals surface area contributed by atoms with E-state index in [0.717, 1.165) is 47.1 Å². The Morgan fingerprint density at radius 1 is 1.13 bits per heavy atom. The lowest BCUT2D eigenvalue weighted by molar-refractivity contribution is 0.304. The lowest BCUT2D eigenvalue weighted by atomic mass is 10.2. The lowest BCUT2D eigenvalue weighted by Crippen LogP contribution is -2.01. The summed E-state index contributed by atoms with van der Waals surface area (Å²) < 4.78 is 7.66. The van der Waals surface area contributed by atoms with Crippen LogP contribution in [-0.4, -0.2) is 13.2 Å². The van der Waals surface area contributed by atoms with Gasteiger partial charge in [0.15, 0.2) is 0 Å². The van der Waals surface area contributed by atoms with Crippen LogP contribution in [0, 0.1) is 0 Å². The first-order valence-electron chi connectivity index (χ1n) is 5.02. The molecule has 0 aliphatic heterocycles. The van der Waals surface area contributed by atoms with Crippen molar-refractivity contribution in [3.8, 4) is 5.75 Å². The largest absolute Gasteiger partial charge is 0.492 e. The number of ether oxygens (including phenoxy) is 1. The number of benzene rings is 1. The highest BCUT2D eigenvalue weighted by Crippen LogP contribution is 2.28. The van der Waals surface area contributed by atoms with E-state index in [0.29, 0.717) is 0 Å².